The van der Waals surface area contributed by atoms with Gasteiger partial charge in [-0.3, -0.25) is 20.2 Å². The zero-order valence-corrected chi connectivity index (χ0v) is 8.95. The fourth-order valence-electron chi connectivity index (χ4n) is 1.66. The van der Waals surface area contributed by atoms with Crippen LogP contribution in [-0.2, 0) is 9.59 Å². The molecule has 0 heterocycles. The Bertz CT molecular complexity index is 325. The monoisotopic (exact) mass is 229 g/mol. The van der Waals surface area contributed by atoms with Crippen LogP contribution in [-0.4, -0.2) is 34.6 Å². The van der Waals surface area contributed by atoms with Gasteiger partial charge in [0.25, 0.3) is 0 Å². The molecular weight excluding hydrogens is 214 g/mol. The summed E-state index contributed by atoms with van der Waals surface area (Å²) in [5.74, 6) is -1.60. The molecule has 0 bridgehead atoms. The molecule has 1 aliphatic carbocycles. The van der Waals surface area contributed by atoms with E-state index in [4.69, 9.17) is 10.8 Å². The lowest BCUT2D eigenvalue weighted by atomic mass is 9.76. The zero-order chi connectivity index (χ0) is 12.3. The van der Waals surface area contributed by atoms with E-state index in [1.165, 1.54) is 6.92 Å². The number of hydrogen-bond donors (Lipinski definition) is 4. The Labute approximate surface area is 92.4 Å². The van der Waals surface area contributed by atoms with Gasteiger partial charge >= 0.3 is 12.0 Å². The first-order valence-corrected chi connectivity index (χ1v) is 4.99. The summed E-state index contributed by atoms with van der Waals surface area (Å²) < 4.78 is 0. The van der Waals surface area contributed by atoms with Crippen LogP contribution in [0.25, 0.3) is 0 Å². The molecule has 1 rings (SSSR count). The highest BCUT2D eigenvalue weighted by Crippen LogP contribution is 2.32. The Kier molecular flexibility index (Phi) is 3.48. The van der Waals surface area contributed by atoms with Gasteiger partial charge in [-0.2, -0.15) is 0 Å². The van der Waals surface area contributed by atoms with Crippen molar-refractivity contribution in [1.29, 1.82) is 0 Å². The maximum absolute atomic E-state index is 11.3. The average Bonchev–Trinajstić information content (AvgIpc) is 2.08. The molecular formula is C9H15N3O4. The van der Waals surface area contributed by atoms with E-state index in [0.29, 0.717) is 12.8 Å². The number of amides is 3. The number of nitrogens with two attached hydrogens (primary N) is 1. The van der Waals surface area contributed by atoms with Gasteiger partial charge < -0.3 is 10.8 Å². The van der Waals surface area contributed by atoms with Crippen LogP contribution in [0.2, 0.25) is 0 Å². The minimum Gasteiger partial charge on any atom is -0.480 e. The number of urea groups is 1. The summed E-state index contributed by atoms with van der Waals surface area (Å²) in [5, 5.41) is 13.6. The number of primary amides is 1. The summed E-state index contributed by atoms with van der Waals surface area (Å²) in [6.07, 6.45) is 1.77. The maximum Gasteiger partial charge on any atom is 0.323 e. The van der Waals surface area contributed by atoms with Crippen LogP contribution in [0.1, 0.15) is 26.2 Å². The number of aliphatic carboxylic acids is 1. The average molecular weight is 229 g/mol. The van der Waals surface area contributed by atoms with E-state index in [-0.39, 0.29) is 0 Å². The molecule has 3 amide bonds. The quantitative estimate of drug-likeness (QED) is 0.501. The topological polar surface area (TPSA) is 122 Å². The molecule has 7 nitrogen and oxygen atoms in total. The van der Waals surface area contributed by atoms with Crippen molar-refractivity contribution in [2.24, 2.45) is 5.73 Å². The first-order valence-electron chi connectivity index (χ1n) is 4.99. The lowest BCUT2D eigenvalue weighted by Gasteiger charge is -2.40. The van der Waals surface area contributed by atoms with Crippen molar-refractivity contribution in [3.05, 3.63) is 0 Å². The van der Waals surface area contributed by atoms with Crippen LogP contribution in [0.15, 0.2) is 0 Å². The van der Waals surface area contributed by atoms with Crippen molar-refractivity contribution < 1.29 is 19.5 Å². The number of nitrogens with one attached hydrogen (secondary N) is 2. The molecule has 0 aromatic rings. The third kappa shape index (κ3) is 2.48. The molecule has 1 aliphatic rings. The number of carbonyl (C=O) groups is 3. The first-order chi connectivity index (χ1) is 7.37. The molecule has 0 aromatic heterocycles. The maximum atomic E-state index is 11.3. The van der Waals surface area contributed by atoms with E-state index in [2.05, 4.69) is 5.32 Å². The zero-order valence-electron chi connectivity index (χ0n) is 8.95. The van der Waals surface area contributed by atoms with Crippen molar-refractivity contribution in [1.82, 2.24) is 10.6 Å². The van der Waals surface area contributed by atoms with Crippen LogP contribution < -0.4 is 16.4 Å². The summed E-state index contributed by atoms with van der Waals surface area (Å²) >= 11 is 0. The Morgan fingerprint density at radius 3 is 2.25 bits per heavy atom. The van der Waals surface area contributed by atoms with E-state index in [1.807, 2.05) is 5.32 Å². The van der Waals surface area contributed by atoms with Gasteiger partial charge in [0.15, 0.2) is 0 Å². The van der Waals surface area contributed by atoms with Crippen LogP contribution in [0, 0.1) is 0 Å². The van der Waals surface area contributed by atoms with Gasteiger partial charge in [-0.05, 0) is 26.2 Å². The van der Waals surface area contributed by atoms with E-state index in [1.54, 1.807) is 0 Å². The van der Waals surface area contributed by atoms with Crippen molar-refractivity contribution in [2.75, 3.05) is 0 Å². The fraction of sp³-hybridized carbons (Fsp3) is 0.667. The highest BCUT2D eigenvalue weighted by molar-refractivity contribution is 5.96. The molecule has 1 atom stereocenters. The molecule has 0 aliphatic heterocycles. The fourth-order valence-corrected chi connectivity index (χ4v) is 1.66. The van der Waals surface area contributed by atoms with Gasteiger partial charge in [-0.1, -0.05) is 0 Å². The number of hydrogen-bond acceptors (Lipinski definition) is 4. The molecule has 16 heavy (non-hydrogen) atoms. The van der Waals surface area contributed by atoms with Crippen molar-refractivity contribution >= 4 is 17.9 Å². The highest BCUT2D eigenvalue weighted by Gasteiger charge is 2.45. The molecule has 90 valence electrons. The lowest BCUT2D eigenvalue weighted by molar-refractivity contribution is -0.149. The number of carboxylic acid groups (broad SMARTS) is 1. The molecule has 7 heteroatoms. The van der Waals surface area contributed by atoms with E-state index >= 15 is 0 Å². The molecule has 0 saturated heterocycles. The van der Waals surface area contributed by atoms with Crippen LogP contribution in [0.5, 0.6) is 0 Å². The van der Waals surface area contributed by atoms with Crippen LogP contribution in [0.4, 0.5) is 4.79 Å². The minimum absolute atomic E-state index is 0.483. The number of carbonyl (C=O) groups excluding carboxylic acids is 2. The molecule has 1 fully saturated rings. The highest BCUT2D eigenvalue weighted by atomic mass is 16.4. The summed E-state index contributed by atoms with van der Waals surface area (Å²) in [7, 11) is 0. The third-order valence-electron chi connectivity index (χ3n) is 2.75. The van der Waals surface area contributed by atoms with Crippen LogP contribution in [0.3, 0.4) is 0 Å². The van der Waals surface area contributed by atoms with Gasteiger partial charge in [0.2, 0.25) is 5.91 Å². The van der Waals surface area contributed by atoms with E-state index < -0.39 is 29.5 Å². The summed E-state index contributed by atoms with van der Waals surface area (Å²) in [5.41, 5.74) is 3.75. The predicted octanol–water partition coefficient (Wildman–Crippen LogP) is -0.833. The summed E-state index contributed by atoms with van der Waals surface area (Å²) in [6.45, 7) is 1.49. The molecule has 0 radical (unpaired) electrons. The number of rotatable bonds is 4. The van der Waals surface area contributed by atoms with Gasteiger partial charge in [0.05, 0.1) is 6.04 Å². The van der Waals surface area contributed by atoms with Gasteiger partial charge in [0.1, 0.15) is 5.54 Å². The van der Waals surface area contributed by atoms with Crippen molar-refractivity contribution in [2.45, 2.75) is 37.8 Å². The molecule has 0 spiro atoms. The smallest absolute Gasteiger partial charge is 0.323 e. The first kappa shape index (κ1) is 12.4. The minimum atomic E-state index is -1.03. The Morgan fingerprint density at radius 1 is 1.38 bits per heavy atom. The second-order valence-electron chi connectivity index (χ2n) is 3.96. The second kappa shape index (κ2) is 4.48. The normalized spacial score (nSPS) is 19.3. The van der Waals surface area contributed by atoms with Gasteiger partial charge in [-0.25, -0.2) is 4.79 Å². The summed E-state index contributed by atoms with van der Waals surface area (Å²) in [4.78, 5) is 32.8. The van der Waals surface area contributed by atoms with Crippen molar-refractivity contribution in [3.63, 3.8) is 0 Å². The van der Waals surface area contributed by atoms with Crippen molar-refractivity contribution in [3.8, 4) is 0 Å². The third-order valence-corrected chi connectivity index (χ3v) is 2.75. The Balaban J connectivity index is 2.56. The SMILES string of the molecule is CC(NC1(C(=O)O)CCC1)C(=O)NC(N)=O. The summed E-state index contributed by atoms with van der Waals surface area (Å²) in [6, 6.07) is -1.72. The standard InChI is InChI=1S/C9H15N3O4/c1-5(6(13)11-8(10)16)12-9(7(14)15)3-2-4-9/h5,12H,2-4H2,1H3,(H,14,15)(H3,10,11,13,16). The number of carboxylic acids is 1. The van der Waals surface area contributed by atoms with Gasteiger partial charge in [0, 0.05) is 0 Å². The molecule has 1 unspecified atom stereocenters. The Hall–Kier alpha value is -1.63. The lowest BCUT2D eigenvalue weighted by Crippen LogP contribution is -2.62. The van der Waals surface area contributed by atoms with Crippen LogP contribution >= 0.6 is 0 Å². The number of imide groups is 1. The molecule has 5 N–H and O–H groups in total. The predicted molar refractivity (Wildman–Crippen MR) is 54.5 cm³/mol. The van der Waals surface area contributed by atoms with E-state index in [0.717, 1.165) is 6.42 Å². The molecule has 0 aromatic carbocycles. The molecule has 1 saturated carbocycles. The largest absolute Gasteiger partial charge is 0.480 e. The second-order valence-corrected chi connectivity index (χ2v) is 3.96. The van der Waals surface area contributed by atoms with E-state index in [9.17, 15) is 14.4 Å². The Morgan fingerprint density at radius 2 is 1.94 bits per heavy atom. The van der Waals surface area contributed by atoms with Gasteiger partial charge in [-0.15, -0.1) is 0 Å².